The number of hydrogen-bond acceptors (Lipinski definition) is 2. The minimum absolute atomic E-state index is 0. The van der Waals surface area contributed by atoms with Crippen molar-refractivity contribution in [3.63, 3.8) is 0 Å². The van der Waals surface area contributed by atoms with E-state index in [9.17, 15) is 17.6 Å². The van der Waals surface area contributed by atoms with Crippen LogP contribution in [0.3, 0.4) is 0 Å². The molecule has 1 aromatic carbocycles. The third-order valence-electron chi connectivity index (χ3n) is 3.41. The van der Waals surface area contributed by atoms with Crippen molar-refractivity contribution in [3.05, 3.63) is 47.8 Å². The van der Waals surface area contributed by atoms with Crippen LogP contribution in [-0.2, 0) is 6.18 Å². The number of benzene rings is 1. The molecule has 0 aromatic heterocycles. The highest BCUT2D eigenvalue weighted by atomic mass is 35.5. The number of halogens is 6. The Bertz CT molecular complexity index is 488. The molecule has 1 aliphatic heterocycles. The zero-order chi connectivity index (χ0) is 14.8. The third-order valence-corrected chi connectivity index (χ3v) is 3.41. The Morgan fingerprint density at radius 1 is 1.18 bits per heavy atom. The van der Waals surface area contributed by atoms with Crippen LogP contribution in [0.4, 0.5) is 17.6 Å². The van der Waals surface area contributed by atoms with Gasteiger partial charge >= 0.3 is 6.18 Å². The highest BCUT2D eigenvalue weighted by Gasteiger charge is 2.36. The van der Waals surface area contributed by atoms with Crippen LogP contribution >= 0.6 is 24.8 Å². The molecule has 8 heteroatoms. The number of nitrogens with zero attached hydrogens (tertiary/aromatic N) is 1. The van der Waals surface area contributed by atoms with E-state index in [1.54, 1.807) is 0 Å². The summed E-state index contributed by atoms with van der Waals surface area (Å²) in [6.45, 7) is 6.33. The highest BCUT2D eigenvalue weighted by molar-refractivity contribution is 5.85. The number of alkyl halides is 3. The van der Waals surface area contributed by atoms with Gasteiger partial charge in [0, 0.05) is 26.2 Å². The minimum Gasteiger partial charge on any atom is -0.314 e. The Hall–Kier alpha value is -0.820. The highest BCUT2D eigenvalue weighted by Crippen LogP contribution is 2.37. The molecular weight excluding hydrogens is 343 g/mol. The summed E-state index contributed by atoms with van der Waals surface area (Å²) < 4.78 is 52.3. The standard InChI is InChI=1S/C14H16F4N2.2ClH/c1-2-13(20-7-5-19-6-8-20)11-4-3-10(15)9-12(11)14(16,17)18;;/h2-4,9,13,19H,1,5-8H2;2*1H/t13-;;/m1../s1. The molecule has 0 aliphatic carbocycles. The van der Waals surface area contributed by atoms with Crippen LogP contribution in [0.25, 0.3) is 0 Å². The molecule has 126 valence electrons. The van der Waals surface area contributed by atoms with E-state index in [1.807, 2.05) is 4.90 Å². The summed E-state index contributed by atoms with van der Waals surface area (Å²) in [7, 11) is 0. The second-order valence-electron chi connectivity index (χ2n) is 4.70. The number of piperazine rings is 1. The van der Waals surface area contributed by atoms with Gasteiger partial charge in [0.05, 0.1) is 11.6 Å². The van der Waals surface area contributed by atoms with Gasteiger partial charge in [0.1, 0.15) is 5.82 Å². The summed E-state index contributed by atoms with van der Waals surface area (Å²) in [5.41, 5.74) is -0.878. The number of hydrogen-bond donors (Lipinski definition) is 1. The largest absolute Gasteiger partial charge is 0.416 e. The van der Waals surface area contributed by atoms with E-state index in [0.29, 0.717) is 32.2 Å². The normalized spacial score (nSPS) is 17.1. The third kappa shape index (κ3) is 4.84. The molecule has 0 bridgehead atoms. The van der Waals surface area contributed by atoms with Crippen LogP contribution in [-0.4, -0.2) is 31.1 Å². The Morgan fingerprint density at radius 3 is 2.27 bits per heavy atom. The smallest absolute Gasteiger partial charge is 0.314 e. The second kappa shape index (κ2) is 8.72. The fraction of sp³-hybridized carbons (Fsp3) is 0.429. The summed E-state index contributed by atoms with van der Waals surface area (Å²) in [5, 5.41) is 3.14. The van der Waals surface area contributed by atoms with Gasteiger partial charge in [0.25, 0.3) is 0 Å². The van der Waals surface area contributed by atoms with Crippen molar-refractivity contribution in [1.29, 1.82) is 0 Å². The quantitative estimate of drug-likeness (QED) is 0.651. The SMILES string of the molecule is C=C[C@H](c1ccc(F)cc1C(F)(F)F)N1CCNCC1.Cl.Cl. The molecule has 1 fully saturated rings. The van der Waals surface area contributed by atoms with Gasteiger partial charge in [-0.05, 0) is 17.7 Å². The maximum Gasteiger partial charge on any atom is 0.416 e. The molecule has 0 unspecified atom stereocenters. The lowest BCUT2D eigenvalue weighted by molar-refractivity contribution is -0.138. The van der Waals surface area contributed by atoms with E-state index in [2.05, 4.69) is 11.9 Å². The molecule has 0 radical (unpaired) electrons. The Labute approximate surface area is 139 Å². The fourth-order valence-corrected chi connectivity index (χ4v) is 2.46. The summed E-state index contributed by atoms with van der Waals surface area (Å²) in [4.78, 5) is 1.91. The van der Waals surface area contributed by atoms with Crippen LogP contribution in [0.5, 0.6) is 0 Å². The van der Waals surface area contributed by atoms with Crippen molar-refractivity contribution >= 4 is 24.8 Å². The molecule has 1 N–H and O–H groups in total. The lowest BCUT2D eigenvalue weighted by Gasteiger charge is -2.34. The van der Waals surface area contributed by atoms with E-state index >= 15 is 0 Å². The predicted molar refractivity (Wildman–Crippen MR) is 83.3 cm³/mol. The van der Waals surface area contributed by atoms with Crippen LogP contribution in [0.1, 0.15) is 17.2 Å². The molecular formula is C14H18Cl2F4N2. The van der Waals surface area contributed by atoms with Crippen molar-refractivity contribution in [1.82, 2.24) is 10.2 Å². The average Bonchev–Trinajstić information content (AvgIpc) is 2.41. The first-order valence-corrected chi connectivity index (χ1v) is 6.37. The van der Waals surface area contributed by atoms with Crippen molar-refractivity contribution in [2.45, 2.75) is 12.2 Å². The van der Waals surface area contributed by atoms with Gasteiger partial charge in [-0.15, -0.1) is 31.4 Å². The molecule has 1 heterocycles. The molecule has 2 nitrogen and oxygen atoms in total. The van der Waals surface area contributed by atoms with Gasteiger partial charge in [-0.1, -0.05) is 12.1 Å². The summed E-state index contributed by atoms with van der Waals surface area (Å²) in [6.07, 6.45) is -3.10. The van der Waals surface area contributed by atoms with E-state index in [1.165, 1.54) is 12.1 Å². The Balaban J connectivity index is 0.00000220. The van der Waals surface area contributed by atoms with Gasteiger partial charge < -0.3 is 5.32 Å². The van der Waals surface area contributed by atoms with E-state index in [0.717, 1.165) is 6.07 Å². The Kier molecular flexibility index (Phi) is 8.39. The van der Waals surface area contributed by atoms with Gasteiger partial charge in [0.2, 0.25) is 0 Å². The molecule has 0 saturated carbocycles. The molecule has 0 amide bonds. The monoisotopic (exact) mass is 360 g/mol. The van der Waals surface area contributed by atoms with Crippen LogP contribution in [0.2, 0.25) is 0 Å². The van der Waals surface area contributed by atoms with Crippen LogP contribution in [0.15, 0.2) is 30.9 Å². The molecule has 1 aromatic rings. The summed E-state index contributed by atoms with van der Waals surface area (Å²) in [6, 6.07) is 2.25. The lowest BCUT2D eigenvalue weighted by Crippen LogP contribution is -2.45. The second-order valence-corrected chi connectivity index (χ2v) is 4.70. The van der Waals surface area contributed by atoms with E-state index < -0.39 is 23.6 Å². The predicted octanol–water partition coefficient (Wildman–Crippen LogP) is 3.82. The van der Waals surface area contributed by atoms with E-state index in [-0.39, 0.29) is 30.4 Å². The first-order chi connectivity index (χ1) is 9.43. The molecule has 1 atom stereocenters. The van der Waals surface area contributed by atoms with Gasteiger partial charge in [-0.25, -0.2) is 4.39 Å². The van der Waals surface area contributed by atoms with Crippen molar-refractivity contribution < 1.29 is 17.6 Å². The maximum absolute atomic E-state index is 13.1. The van der Waals surface area contributed by atoms with Gasteiger partial charge in [-0.2, -0.15) is 13.2 Å². The van der Waals surface area contributed by atoms with Gasteiger partial charge in [-0.3, -0.25) is 4.90 Å². The zero-order valence-electron chi connectivity index (χ0n) is 11.7. The molecule has 1 aliphatic rings. The Morgan fingerprint density at radius 2 is 1.77 bits per heavy atom. The summed E-state index contributed by atoms with van der Waals surface area (Å²) >= 11 is 0. The molecule has 22 heavy (non-hydrogen) atoms. The maximum atomic E-state index is 13.1. The van der Waals surface area contributed by atoms with E-state index in [4.69, 9.17) is 0 Å². The molecule has 1 saturated heterocycles. The topological polar surface area (TPSA) is 15.3 Å². The van der Waals surface area contributed by atoms with Crippen LogP contribution in [0, 0.1) is 5.82 Å². The first-order valence-electron chi connectivity index (χ1n) is 6.37. The summed E-state index contributed by atoms with van der Waals surface area (Å²) in [5.74, 6) is -0.885. The van der Waals surface area contributed by atoms with Crippen molar-refractivity contribution in [2.24, 2.45) is 0 Å². The average molecular weight is 361 g/mol. The zero-order valence-corrected chi connectivity index (χ0v) is 13.3. The first kappa shape index (κ1) is 21.2. The number of rotatable bonds is 3. The molecule has 2 rings (SSSR count). The van der Waals surface area contributed by atoms with Crippen LogP contribution < -0.4 is 5.32 Å². The van der Waals surface area contributed by atoms with Crippen molar-refractivity contribution in [3.8, 4) is 0 Å². The van der Waals surface area contributed by atoms with Crippen molar-refractivity contribution in [2.75, 3.05) is 26.2 Å². The van der Waals surface area contributed by atoms with Gasteiger partial charge in [0.15, 0.2) is 0 Å². The number of nitrogens with one attached hydrogen (secondary N) is 1. The molecule has 0 spiro atoms. The lowest BCUT2D eigenvalue weighted by atomic mass is 9.98. The fourth-order valence-electron chi connectivity index (χ4n) is 2.46. The minimum atomic E-state index is -4.58.